The molecule has 3 saturated heterocycles. The number of carbonyl (C=O) groups excluding carboxylic acids is 2. The standard InChI is InChI=1S/C28H28N6O6S4/c29-27-30-17(12-42-27)21(32-40)23(36)31-22-24(37)34-13-28(26(38)39,14-43-25(22)34)6-9-41-20-11-18(35)16-5-4-15(10-19(16)44-20)33-7-2-1-3-8-33/h4-6,9-12,22,25,40H,1-3,7-8,13-14H2,(H2,29,30)(H,31,36)(H,38,39)/t22?,25-,28?/m1/s1. The van der Waals surface area contributed by atoms with Gasteiger partial charge in [0.25, 0.3) is 5.91 Å². The minimum atomic E-state index is -1.35. The van der Waals surface area contributed by atoms with E-state index in [0.29, 0.717) is 5.39 Å². The number of amides is 2. The molecule has 2 aromatic heterocycles. The largest absolute Gasteiger partial charge is 0.481 e. The van der Waals surface area contributed by atoms with Crippen LogP contribution in [0.2, 0.25) is 0 Å². The Balaban J connectivity index is 1.13. The number of nitrogens with zero attached hydrogens (tertiary/aromatic N) is 4. The molecule has 0 bridgehead atoms. The van der Waals surface area contributed by atoms with Crippen LogP contribution >= 0.6 is 46.2 Å². The number of carbonyl (C=O) groups is 3. The van der Waals surface area contributed by atoms with E-state index in [4.69, 9.17) is 5.73 Å². The van der Waals surface area contributed by atoms with Crippen LogP contribution < -0.4 is 21.4 Å². The smallest absolute Gasteiger partial charge is 0.316 e. The van der Waals surface area contributed by atoms with Gasteiger partial charge in [0.1, 0.15) is 22.5 Å². The lowest BCUT2D eigenvalue weighted by molar-refractivity contribution is -0.156. The topological polar surface area (TPSA) is 179 Å². The molecule has 3 atom stereocenters. The summed E-state index contributed by atoms with van der Waals surface area (Å²) in [4.78, 5) is 58.8. The number of hydrogen-bond donors (Lipinski definition) is 4. The number of thioether (sulfide) groups is 2. The molecule has 0 radical (unpaired) electrons. The lowest BCUT2D eigenvalue weighted by Gasteiger charge is -2.53. The zero-order valence-electron chi connectivity index (χ0n) is 23.2. The number of thiazole rings is 1. The van der Waals surface area contributed by atoms with Crippen LogP contribution in [0.5, 0.6) is 0 Å². The third-order valence-corrected chi connectivity index (χ3v) is 12.1. The highest BCUT2D eigenvalue weighted by atomic mass is 32.2. The molecule has 44 heavy (non-hydrogen) atoms. The Morgan fingerprint density at radius 2 is 2.00 bits per heavy atom. The van der Waals surface area contributed by atoms with Crippen LogP contribution in [0, 0.1) is 5.41 Å². The molecule has 5 heterocycles. The summed E-state index contributed by atoms with van der Waals surface area (Å²) in [5, 5.41) is 28.6. The Hall–Kier alpha value is -3.60. The molecule has 2 amide bonds. The molecule has 0 saturated carbocycles. The van der Waals surface area contributed by atoms with E-state index in [2.05, 4.69) is 26.4 Å². The van der Waals surface area contributed by atoms with Gasteiger partial charge in [-0.2, -0.15) is 0 Å². The second-order valence-corrected chi connectivity index (χ2v) is 15.0. The maximum Gasteiger partial charge on any atom is 0.316 e. The van der Waals surface area contributed by atoms with E-state index in [0.717, 1.165) is 51.9 Å². The number of hydrogen-bond acceptors (Lipinski definition) is 13. The number of nitrogens with one attached hydrogen (secondary N) is 1. The first-order chi connectivity index (χ1) is 21.2. The summed E-state index contributed by atoms with van der Waals surface area (Å²) < 4.78 is 1.62. The van der Waals surface area contributed by atoms with Gasteiger partial charge in [0.2, 0.25) is 5.91 Å². The predicted octanol–water partition coefficient (Wildman–Crippen LogP) is 3.25. The van der Waals surface area contributed by atoms with Crippen molar-refractivity contribution in [2.24, 2.45) is 10.6 Å². The third kappa shape index (κ3) is 5.78. The van der Waals surface area contributed by atoms with Crippen LogP contribution in [0.15, 0.2) is 55.3 Å². The van der Waals surface area contributed by atoms with Gasteiger partial charge in [0, 0.05) is 52.6 Å². The summed E-state index contributed by atoms with van der Waals surface area (Å²) >= 11 is 5.08. The number of carboxylic acid groups (broad SMARTS) is 1. The Labute approximate surface area is 268 Å². The van der Waals surface area contributed by atoms with Gasteiger partial charge in [-0.25, -0.2) is 4.98 Å². The van der Waals surface area contributed by atoms with Gasteiger partial charge in [0.05, 0.1) is 4.21 Å². The number of carboxylic acids is 1. The van der Waals surface area contributed by atoms with Gasteiger partial charge >= 0.3 is 5.97 Å². The van der Waals surface area contributed by atoms with E-state index in [1.54, 1.807) is 17.6 Å². The summed E-state index contributed by atoms with van der Waals surface area (Å²) in [5.74, 6) is -2.14. The number of piperidine rings is 1. The van der Waals surface area contributed by atoms with E-state index in [1.807, 2.05) is 12.1 Å². The second-order valence-electron chi connectivity index (χ2n) is 10.7. The van der Waals surface area contributed by atoms with Gasteiger partial charge < -0.3 is 31.2 Å². The molecule has 0 spiro atoms. The van der Waals surface area contributed by atoms with Crippen molar-refractivity contribution < 1.29 is 24.7 Å². The molecule has 230 valence electrons. The minimum Gasteiger partial charge on any atom is -0.481 e. The van der Waals surface area contributed by atoms with Crippen LogP contribution in [0.25, 0.3) is 10.1 Å². The van der Waals surface area contributed by atoms with Crippen molar-refractivity contribution in [3.8, 4) is 0 Å². The van der Waals surface area contributed by atoms with Crippen molar-refractivity contribution in [1.29, 1.82) is 0 Å². The van der Waals surface area contributed by atoms with Gasteiger partial charge in [-0.15, -0.1) is 34.4 Å². The zero-order chi connectivity index (χ0) is 31.0. The molecule has 3 aromatic rings. The molecule has 12 nitrogen and oxygen atoms in total. The highest BCUT2D eigenvalue weighted by molar-refractivity contribution is 8.04. The number of rotatable bonds is 8. The van der Waals surface area contributed by atoms with Gasteiger partial charge in [-0.1, -0.05) is 23.0 Å². The summed E-state index contributed by atoms with van der Waals surface area (Å²) in [6.45, 7) is 1.93. The molecule has 3 fully saturated rings. The average Bonchev–Trinajstić information content (AvgIpc) is 3.45. The Bertz CT molecular complexity index is 1750. The average molecular weight is 673 g/mol. The van der Waals surface area contributed by atoms with Crippen LogP contribution in [0.3, 0.4) is 0 Å². The van der Waals surface area contributed by atoms with Crippen LogP contribution in [0.4, 0.5) is 10.8 Å². The predicted molar refractivity (Wildman–Crippen MR) is 174 cm³/mol. The Morgan fingerprint density at radius 1 is 1.20 bits per heavy atom. The first-order valence-electron chi connectivity index (χ1n) is 13.8. The maximum atomic E-state index is 13.0. The monoisotopic (exact) mass is 672 g/mol. The van der Waals surface area contributed by atoms with Gasteiger partial charge in [-0.3, -0.25) is 19.2 Å². The highest BCUT2D eigenvalue weighted by Crippen LogP contribution is 2.44. The molecule has 3 aliphatic heterocycles. The molecule has 3 aliphatic rings. The number of fused-ring (bicyclic) bond motifs is 2. The fourth-order valence-electron chi connectivity index (χ4n) is 5.47. The van der Waals surface area contributed by atoms with Crippen LogP contribution in [-0.4, -0.2) is 80.5 Å². The van der Waals surface area contributed by atoms with Crippen molar-refractivity contribution in [3.05, 3.63) is 57.0 Å². The number of oxime groups is 1. The van der Waals surface area contributed by atoms with Crippen molar-refractivity contribution in [2.75, 3.05) is 36.0 Å². The highest BCUT2D eigenvalue weighted by Gasteiger charge is 2.57. The lowest BCUT2D eigenvalue weighted by Crippen LogP contribution is -2.73. The summed E-state index contributed by atoms with van der Waals surface area (Å²) in [5.41, 5.74) is 4.98. The van der Waals surface area contributed by atoms with E-state index < -0.39 is 34.6 Å². The number of nitrogen functional groups attached to an aromatic ring is 1. The van der Waals surface area contributed by atoms with E-state index in [1.165, 1.54) is 51.6 Å². The first-order valence-corrected chi connectivity index (χ1v) is 17.4. The van der Waals surface area contributed by atoms with Crippen LogP contribution in [-0.2, 0) is 14.4 Å². The van der Waals surface area contributed by atoms with Crippen molar-refractivity contribution in [1.82, 2.24) is 15.2 Å². The molecule has 0 aliphatic carbocycles. The molecular weight excluding hydrogens is 645 g/mol. The fraction of sp³-hybridized carbons (Fsp3) is 0.357. The quantitative estimate of drug-likeness (QED) is 0.0908. The Morgan fingerprint density at radius 3 is 2.70 bits per heavy atom. The number of aliphatic carboxylic acids is 1. The van der Waals surface area contributed by atoms with Crippen LogP contribution in [0.1, 0.15) is 25.0 Å². The van der Waals surface area contributed by atoms with Gasteiger partial charge in [0.15, 0.2) is 16.3 Å². The number of β-lactam (4-membered cyclic amide) rings is 1. The van der Waals surface area contributed by atoms with E-state index in [-0.39, 0.29) is 34.3 Å². The normalized spacial score (nSPS) is 23.9. The fourth-order valence-corrected chi connectivity index (χ4v) is 9.64. The Kier molecular flexibility index (Phi) is 8.59. The van der Waals surface area contributed by atoms with Gasteiger partial charge in [-0.05, 0) is 42.9 Å². The number of anilines is 2. The molecule has 16 heteroatoms. The first kappa shape index (κ1) is 30.4. The SMILES string of the molecule is Nc1nc(C(=NO)C(=O)NC2C(=O)N3CC(C=CSc4cc(=O)c5ccc(N6CCCCC6)cc5s4)(C(=O)O)CS[C@H]23)cs1. The second kappa shape index (κ2) is 12.4. The number of benzene rings is 1. The lowest BCUT2D eigenvalue weighted by atomic mass is 9.87. The molecule has 5 N–H and O–H groups in total. The van der Waals surface area contributed by atoms with Crippen molar-refractivity contribution in [3.63, 3.8) is 0 Å². The molecule has 2 unspecified atom stereocenters. The molecular formula is C28H28N6O6S4. The molecule has 1 aromatic carbocycles. The summed E-state index contributed by atoms with van der Waals surface area (Å²) in [6.07, 6.45) is 5.12. The number of nitrogens with two attached hydrogens (primary N) is 1. The van der Waals surface area contributed by atoms with E-state index in [9.17, 15) is 29.5 Å². The minimum absolute atomic E-state index is 0.0705. The zero-order valence-corrected chi connectivity index (χ0v) is 26.4. The van der Waals surface area contributed by atoms with Crippen molar-refractivity contribution in [2.45, 2.75) is 34.9 Å². The van der Waals surface area contributed by atoms with E-state index >= 15 is 0 Å². The summed E-state index contributed by atoms with van der Waals surface area (Å²) in [6, 6.07) is 6.60. The molecule has 6 rings (SSSR count). The third-order valence-electron chi connectivity index (χ3n) is 7.88. The maximum absolute atomic E-state index is 13.0. The number of aromatic nitrogens is 1. The summed E-state index contributed by atoms with van der Waals surface area (Å²) in [7, 11) is 0. The van der Waals surface area contributed by atoms with Crippen molar-refractivity contribution >= 4 is 90.6 Å².